The highest BCUT2D eigenvalue weighted by atomic mass is 127. The molecular weight excluding hydrogens is 403 g/mol. The van der Waals surface area contributed by atoms with Crippen molar-refractivity contribution in [2.45, 2.75) is 58.9 Å². The molecular formula is C17H29IN4O. The molecule has 5 nitrogen and oxygen atoms in total. The van der Waals surface area contributed by atoms with Crippen molar-refractivity contribution in [1.82, 2.24) is 15.8 Å². The smallest absolute Gasteiger partial charge is 0.191 e. The molecule has 0 saturated carbocycles. The van der Waals surface area contributed by atoms with Gasteiger partial charge < -0.3 is 15.2 Å². The summed E-state index contributed by atoms with van der Waals surface area (Å²) in [6, 6.07) is 0. The van der Waals surface area contributed by atoms with Crippen LogP contribution in [-0.4, -0.2) is 24.7 Å². The molecule has 0 bridgehead atoms. The third-order valence-electron chi connectivity index (χ3n) is 4.14. The van der Waals surface area contributed by atoms with Crippen LogP contribution in [0.3, 0.4) is 0 Å². The Hall–Kier alpha value is -1.05. The van der Waals surface area contributed by atoms with E-state index >= 15 is 0 Å². The molecule has 0 unspecified atom stereocenters. The lowest BCUT2D eigenvalue weighted by atomic mass is 10.1. The average Bonchev–Trinajstić information content (AvgIpc) is 3.19. The van der Waals surface area contributed by atoms with E-state index in [1.807, 2.05) is 0 Å². The second kappa shape index (κ2) is 10.7. The van der Waals surface area contributed by atoms with Gasteiger partial charge in [-0.1, -0.05) is 30.7 Å². The number of hydrogen-bond acceptors (Lipinski definition) is 3. The van der Waals surface area contributed by atoms with E-state index in [1.54, 1.807) is 12.6 Å². The molecule has 0 fully saturated rings. The predicted molar refractivity (Wildman–Crippen MR) is 105 cm³/mol. The highest BCUT2D eigenvalue weighted by Gasteiger charge is 2.13. The second-order valence-corrected chi connectivity index (χ2v) is 5.60. The van der Waals surface area contributed by atoms with Gasteiger partial charge in [-0.05, 0) is 32.1 Å². The Morgan fingerprint density at radius 1 is 1.30 bits per heavy atom. The van der Waals surface area contributed by atoms with E-state index in [4.69, 9.17) is 4.52 Å². The second-order valence-electron chi connectivity index (χ2n) is 5.60. The number of nitrogens with one attached hydrogen (secondary N) is 2. The molecule has 2 rings (SSSR count). The number of guanidine groups is 1. The summed E-state index contributed by atoms with van der Waals surface area (Å²) in [5.41, 5.74) is 3.78. The van der Waals surface area contributed by atoms with Crippen LogP contribution in [0.25, 0.3) is 0 Å². The van der Waals surface area contributed by atoms with Gasteiger partial charge in [-0.2, -0.15) is 0 Å². The van der Waals surface area contributed by atoms with Gasteiger partial charge in [-0.15, -0.1) is 24.0 Å². The summed E-state index contributed by atoms with van der Waals surface area (Å²) in [4.78, 5) is 4.29. The Balaban J connectivity index is 0.00000264. The van der Waals surface area contributed by atoms with Crippen LogP contribution in [0.2, 0.25) is 0 Å². The van der Waals surface area contributed by atoms with E-state index in [1.165, 1.54) is 24.8 Å². The number of aliphatic imine (C=N–C) groups is 1. The van der Waals surface area contributed by atoms with Crippen molar-refractivity contribution in [3.05, 3.63) is 28.7 Å². The minimum absolute atomic E-state index is 0. The summed E-state index contributed by atoms with van der Waals surface area (Å²) < 4.78 is 5.39. The molecule has 1 heterocycles. The van der Waals surface area contributed by atoms with Crippen molar-refractivity contribution in [3.8, 4) is 0 Å². The number of rotatable bonds is 7. The molecule has 1 aromatic heterocycles. The normalized spacial score (nSPS) is 14.4. The maximum Gasteiger partial charge on any atom is 0.191 e. The number of allylic oxidation sites excluding steroid dienone is 1. The molecule has 0 aliphatic heterocycles. The molecule has 6 heteroatoms. The van der Waals surface area contributed by atoms with Crippen molar-refractivity contribution in [3.63, 3.8) is 0 Å². The molecule has 2 N–H and O–H groups in total. The standard InChI is InChI=1S/C17H28N4O.HI/c1-4-15-14(16(5-2)22-21-15)12-20-17(18-3)19-11-10-13-8-6-7-9-13;/h8H,4-7,9-12H2,1-3H3,(H2,18,19,20);1H. The molecule has 0 aromatic carbocycles. The zero-order chi connectivity index (χ0) is 15.8. The van der Waals surface area contributed by atoms with E-state index in [-0.39, 0.29) is 24.0 Å². The molecule has 0 radical (unpaired) electrons. The monoisotopic (exact) mass is 432 g/mol. The molecule has 23 heavy (non-hydrogen) atoms. The van der Waals surface area contributed by atoms with Gasteiger partial charge in [0.05, 0.1) is 5.69 Å². The third kappa shape index (κ3) is 5.82. The van der Waals surface area contributed by atoms with Gasteiger partial charge in [0.1, 0.15) is 5.76 Å². The van der Waals surface area contributed by atoms with Crippen LogP contribution < -0.4 is 10.6 Å². The lowest BCUT2D eigenvalue weighted by molar-refractivity contribution is 0.380. The Morgan fingerprint density at radius 2 is 2.13 bits per heavy atom. The van der Waals surface area contributed by atoms with Crippen molar-refractivity contribution >= 4 is 29.9 Å². The minimum Gasteiger partial charge on any atom is -0.361 e. The fraction of sp³-hybridized carbons (Fsp3) is 0.647. The van der Waals surface area contributed by atoms with Crippen LogP contribution in [0.1, 0.15) is 56.5 Å². The highest BCUT2D eigenvalue weighted by molar-refractivity contribution is 14.0. The first kappa shape index (κ1) is 20.0. The molecule has 0 spiro atoms. The Morgan fingerprint density at radius 3 is 2.74 bits per heavy atom. The molecule has 130 valence electrons. The molecule has 0 saturated heterocycles. The molecule has 1 aliphatic rings. The SMILES string of the molecule is CCc1noc(CC)c1CNC(=NC)NCCC1=CCCC1.I. The van der Waals surface area contributed by atoms with Crippen LogP contribution in [0, 0.1) is 0 Å². The summed E-state index contributed by atoms with van der Waals surface area (Å²) in [5, 5.41) is 10.9. The molecule has 1 aliphatic carbocycles. The quantitative estimate of drug-likeness (QED) is 0.299. The van der Waals surface area contributed by atoms with Gasteiger partial charge in [0.25, 0.3) is 0 Å². The number of hydrogen-bond donors (Lipinski definition) is 2. The van der Waals surface area contributed by atoms with Crippen LogP contribution in [0.5, 0.6) is 0 Å². The predicted octanol–water partition coefficient (Wildman–Crippen LogP) is 3.58. The van der Waals surface area contributed by atoms with E-state index in [0.717, 1.165) is 43.2 Å². The maximum absolute atomic E-state index is 5.39. The average molecular weight is 432 g/mol. The first-order valence-corrected chi connectivity index (χ1v) is 8.37. The maximum atomic E-state index is 5.39. The largest absolute Gasteiger partial charge is 0.361 e. The first-order chi connectivity index (χ1) is 10.8. The topological polar surface area (TPSA) is 62.5 Å². The lowest BCUT2D eigenvalue weighted by Gasteiger charge is -2.12. The van der Waals surface area contributed by atoms with Crippen molar-refractivity contribution in [2.75, 3.05) is 13.6 Å². The fourth-order valence-electron chi connectivity index (χ4n) is 2.84. The third-order valence-corrected chi connectivity index (χ3v) is 4.14. The number of halogens is 1. The zero-order valence-corrected chi connectivity index (χ0v) is 16.8. The van der Waals surface area contributed by atoms with Crippen molar-refractivity contribution in [2.24, 2.45) is 4.99 Å². The van der Waals surface area contributed by atoms with Crippen LogP contribution in [0.15, 0.2) is 21.2 Å². The minimum atomic E-state index is 0. The van der Waals surface area contributed by atoms with E-state index in [9.17, 15) is 0 Å². The summed E-state index contributed by atoms with van der Waals surface area (Å²) in [7, 11) is 1.80. The van der Waals surface area contributed by atoms with Gasteiger partial charge in [-0.3, -0.25) is 4.99 Å². The number of nitrogens with zero attached hydrogens (tertiary/aromatic N) is 2. The summed E-state index contributed by atoms with van der Waals surface area (Å²) in [6.07, 6.45) is 9.05. The summed E-state index contributed by atoms with van der Waals surface area (Å²) in [5.74, 6) is 1.81. The van der Waals surface area contributed by atoms with Gasteiger partial charge in [0.15, 0.2) is 5.96 Å². The Labute approximate surface area is 156 Å². The lowest BCUT2D eigenvalue weighted by Crippen LogP contribution is -2.37. The zero-order valence-electron chi connectivity index (χ0n) is 14.4. The Bertz CT molecular complexity index is 515. The highest BCUT2D eigenvalue weighted by Crippen LogP contribution is 2.19. The Kier molecular flexibility index (Phi) is 9.28. The first-order valence-electron chi connectivity index (χ1n) is 8.37. The van der Waals surface area contributed by atoms with Crippen LogP contribution in [-0.2, 0) is 19.4 Å². The number of aromatic nitrogens is 1. The van der Waals surface area contributed by atoms with Gasteiger partial charge in [0.2, 0.25) is 0 Å². The molecule has 1 aromatic rings. The fourth-order valence-corrected chi connectivity index (χ4v) is 2.84. The summed E-state index contributed by atoms with van der Waals surface area (Å²) in [6.45, 7) is 5.82. The van der Waals surface area contributed by atoms with Gasteiger partial charge in [0, 0.05) is 32.1 Å². The molecule has 0 amide bonds. The van der Waals surface area contributed by atoms with Crippen molar-refractivity contribution in [1.29, 1.82) is 0 Å². The molecule has 0 atom stereocenters. The van der Waals surface area contributed by atoms with Crippen LogP contribution >= 0.6 is 24.0 Å². The van der Waals surface area contributed by atoms with E-state index < -0.39 is 0 Å². The van der Waals surface area contributed by atoms with E-state index in [0.29, 0.717) is 6.54 Å². The van der Waals surface area contributed by atoms with Gasteiger partial charge in [-0.25, -0.2) is 0 Å². The summed E-state index contributed by atoms with van der Waals surface area (Å²) >= 11 is 0. The van der Waals surface area contributed by atoms with Gasteiger partial charge >= 0.3 is 0 Å². The van der Waals surface area contributed by atoms with Crippen molar-refractivity contribution < 1.29 is 4.52 Å². The van der Waals surface area contributed by atoms with E-state index in [2.05, 4.69) is 40.7 Å². The van der Waals surface area contributed by atoms with Crippen LogP contribution in [0.4, 0.5) is 0 Å². The number of aryl methyl sites for hydroxylation is 2.